The molecular weight excluding hydrogens is 260 g/mol. The lowest BCUT2D eigenvalue weighted by molar-refractivity contribution is 0.413. The maximum atomic E-state index is 5.65. The van der Waals surface area contributed by atoms with Crippen molar-refractivity contribution in [3.63, 3.8) is 0 Å². The highest BCUT2D eigenvalue weighted by Crippen LogP contribution is 2.34. The molecule has 2 N–H and O–H groups in total. The van der Waals surface area contributed by atoms with E-state index in [1.165, 1.54) is 16.9 Å². The summed E-state index contributed by atoms with van der Waals surface area (Å²) in [5.41, 5.74) is 9.76. The lowest BCUT2D eigenvalue weighted by Gasteiger charge is -2.10. The maximum absolute atomic E-state index is 5.65. The number of hydrogen-bond donors (Lipinski definition) is 1. The Hall–Kier alpha value is -2.08. The van der Waals surface area contributed by atoms with Crippen molar-refractivity contribution in [1.29, 1.82) is 0 Å². The van der Waals surface area contributed by atoms with Gasteiger partial charge in [0.25, 0.3) is 0 Å². The first-order chi connectivity index (χ1) is 9.08. The average Bonchev–Trinajstić information content (AvgIpc) is 2.84. The van der Waals surface area contributed by atoms with Crippen LogP contribution in [0.2, 0.25) is 0 Å². The molecule has 3 rings (SSSR count). The van der Waals surface area contributed by atoms with Gasteiger partial charge in [0.1, 0.15) is 5.75 Å². The Kier molecular flexibility index (Phi) is 2.67. The van der Waals surface area contributed by atoms with Gasteiger partial charge in [-0.2, -0.15) is 0 Å². The van der Waals surface area contributed by atoms with Crippen molar-refractivity contribution < 1.29 is 4.74 Å². The number of methoxy groups -OCH3 is 1. The minimum absolute atomic E-state index is 0.515. The molecule has 6 heteroatoms. The smallest absolute Gasteiger partial charge is 0.214 e. The van der Waals surface area contributed by atoms with Crippen molar-refractivity contribution >= 4 is 21.4 Å². The van der Waals surface area contributed by atoms with Crippen LogP contribution in [-0.4, -0.2) is 21.7 Å². The molecule has 0 saturated carbocycles. The first-order valence-corrected chi connectivity index (χ1v) is 6.67. The molecule has 0 spiro atoms. The summed E-state index contributed by atoms with van der Waals surface area (Å²) in [6, 6.07) is 4.17. The Morgan fingerprint density at radius 1 is 1.32 bits per heavy atom. The zero-order valence-electron chi connectivity index (χ0n) is 11.0. The Labute approximate surface area is 114 Å². The van der Waals surface area contributed by atoms with E-state index in [-0.39, 0.29) is 0 Å². The van der Waals surface area contributed by atoms with E-state index < -0.39 is 0 Å². The fourth-order valence-corrected chi connectivity index (χ4v) is 2.91. The summed E-state index contributed by atoms with van der Waals surface area (Å²) < 4.78 is 7.19. The van der Waals surface area contributed by atoms with Crippen molar-refractivity contribution in [3.05, 3.63) is 29.5 Å². The molecule has 0 unspecified atom stereocenters. The van der Waals surface area contributed by atoms with Crippen LogP contribution in [-0.2, 0) is 0 Å². The van der Waals surface area contributed by atoms with Crippen LogP contribution in [0.1, 0.15) is 11.1 Å². The van der Waals surface area contributed by atoms with Gasteiger partial charge in [-0.3, -0.25) is 0 Å². The van der Waals surface area contributed by atoms with Gasteiger partial charge in [-0.1, -0.05) is 17.4 Å². The number of aryl methyl sites for hydroxylation is 2. The molecule has 2 aromatic heterocycles. The van der Waals surface area contributed by atoms with Gasteiger partial charge >= 0.3 is 0 Å². The Morgan fingerprint density at radius 2 is 2.11 bits per heavy atom. The number of aromatic nitrogens is 3. The summed E-state index contributed by atoms with van der Waals surface area (Å²) in [6.45, 7) is 4.09. The van der Waals surface area contributed by atoms with Gasteiger partial charge in [0.2, 0.25) is 10.1 Å². The number of nitrogen functional groups attached to an aromatic ring is 1. The van der Waals surface area contributed by atoms with Gasteiger partial charge in [0, 0.05) is 5.56 Å². The van der Waals surface area contributed by atoms with Crippen molar-refractivity contribution in [2.45, 2.75) is 13.8 Å². The van der Waals surface area contributed by atoms with Crippen molar-refractivity contribution in [3.8, 4) is 17.0 Å². The largest absolute Gasteiger partial charge is 0.496 e. The van der Waals surface area contributed by atoms with Gasteiger partial charge < -0.3 is 10.5 Å². The molecule has 0 radical (unpaired) electrons. The minimum Gasteiger partial charge on any atom is -0.496 e. The quantitative estimate of drug-likeness (QED) is 0.780. The second kappa shape index (κ2) is 4.24. The summed E-state index contributed by atoms with van der Waals surface area (Å²) >= 11 is 1.37. The Bertz CT molecular complexity index is 728. The van der Waals surface area contributed by atoms with Gasteiger partial charge in [-0.25, -0.2) is 9.50 Å². The summed E-state index contributed by atoms with van der Waals surface area (Å²) in [5, 5.41) is 4.68. The van der Waals surface area contributed by atoms with E-state index in [4.69, 9.17) is 10.5 Å². The van der Waals surface area contributed by atoms with E-state index in [0.29, 0.717) is 5.13 Å². The van der Waals surface area contributed by atoms with Crippen LogP contribution in [0.15, 0.2) is 18.3 Å². The SMILES string of the molecule is COc1c(C)cc(C)cc1-c1cn2nc(N)sc2n1. The van der Waals surface area contributed by atoms with Crippen LogP contribution in [0.25, 0.3) is 16.2 Å². The van der Waals surface area contributed by atoms with Gasteiger partial charge in [0.15, 0.2) is 0 Å². The van der Waals surface area contributed by atoms with Gasteiger partial charge in [-0.15, -0.1) is 5.10 Å². The molecule has 0 saturated heterocycles. The number of nitrogens with zero attached hydrogens (tertiary/aromatic N) is 3. The summed E-state index contributed by atoms with van der Waals surface area (Å²) in [7, 11) is 1.68. The molecule has 19 heavy (non-hydrogen) atoms. The molecule has 5 nitrogen and oxygen atoms in total. The van der Waals surface area contributed by atoms with E-state index in [1.54, 1.807) is 11.6 Å². The molecule has 0 aliphatic heterocycles. The number of hydrogen-bond acceptors (Lipinski definition) is 5. The number of imidazole rings is 1. The third-order valence-electron chi connectivity index (χ3n) is 2.96. The molecule has 0 amide bonds. The van der Waals surface area contributed by atoms with E-state index in [2.05, 4.69) is 29.1 Å². The number of benzene rings is 1. The molecule has 98 valence electrons. The summed E-state index contributed by atoms with van der Waals surface area (Å²) in [6.07, 6.45) is 1.87. The van der Waals surface area contributed by atoms with Gasteiger partial charge in [-0.05, 0) is 31.0 Å². The predicted octanol–water partition coefficient (Wildman–Crippen LogP) is 2.67. The standard InChI is InChI=1S/C13H14N4OS/c1-7-4-8(2)11(18-3)9(5-7)10-6-17-13(15-10)19-12(14)16-17/h4-6H,1-3H3,(H2,14,16). The topological polar surface area (TPSA) is 65.4 Å². The highest BCUT2D eigenvalue weighted by Gasteiger charge is 2.14. The van der Waals surface area contributed by atoms with E-state index in [0.717, 1.165) is 27.5 Å². The lowest BCUT2D eigenvalue weighted by atomic mass is 10.0. The first-order valence-electron chi connectivity index (χ1n) is 5.86. The monoisotopic (exact) mass is 274 g/mol. The Balaban J connectivity index is 2.22. The fraction of sp³-hybridized carbons (Fsp3) is 0.231. The molecular formula is C13H14N4OS. The molecule has 1 aromatic carbocycles. The summed E-state index contributed by atoms with van der Waals surface area (Å²) in [5.74, 6) is 0.851. The number of fused-ring (bicyclic) bond motifs is 1. The maximum Gasteiger partial charge on any atom is 0.214 e. The Morgan fingerprint density at radius 3 is 2.79 bits per heavy atom. The summed E-state index contributed by atoms with van der Waals surface area (Å²) in [4.78, 5) is 5.34. The first kappa shape index (κ1) is 12.0. The molecule has 0 atom stereocenters. The lowest BCUT2D eigenvalue weighted by Crippen LogP contribution is -1.93. The van der Waals surface area contributed by atoms with E-state index in [1.807, 2.05) is 13.1 Å². The average molecular weight is 274 g/mol. The second-order valence-electron chi connectivity index (χ2n) is 4.46. The normalized spacial score (nSPS) is 11.1. The molecule has 2 heterocycles. The van der Waals surface area contributed by atoms with Crippen LogP contribution >= 0.6 is 11.3 Å². The molecule has 0 aliphatic rings. The molecule has 0 bridgehead atoms. The van der Waals surface area contributed by atoms with Crippen LogP contribution in [0, 0.1) is 13.8 Å². The number of nitrogens with two attached hydrogens (primary N) is 1. The van der Waals surface area contributed by atoms with Crippen LogP contribution in [0.3, 0.4) is 0 Å². The predicted molar refractivity (Wildman–Crippen MR) is 76.7 cm³/mol. The fourth-order valence-electron chi connectivity index (χ4n) is 2.26. The highest BCUT2D eigenvalue weighted by atomic mass is 32.1. The number of ether oxygens (including phenoxy) is 1. The third-order valence-corrected chi connectivity index (χ3v) is 3.71. The zero-order valence-corrected chi connectivity index (χ0v) is 11.8. The molecule has 0 aliphatic carbocycles. The number of rotatable bonds is 2. The molecule has 0 fully saturated rings. The minimum atomic E-state index is 0.515. The molecule has 3 aromatic rings. The zero-order chi connectivity index (χ0) is 13.6. The third kappa shape index (κ3) is 1.94. The highest BCUT2D eigenvalue weighted by molar-refractivity contribution is 7.20. The van der Waals surface area contributed by atoms with E-state index in [9.17, 15) is 0 Å². The van der Waals surface area contributed by atoms with Crippen molar-refractivity contribution in [2.24, 2.45) is 0 Å². The van der Waals surface area contributed by atoms with E-state index >= 15 is 0 Å². The van der Waals surface area contributed by atoms with Crippen LogP contribution < -0.4 is 10.5 Å². The van der Waals surface area contributed by atoms with Gasteiger partial charge in [0.05, 0.1) is 19.0 Å². The number of anilines is 1. The van der Waals surface area contributed by atoms with Crippen molar-refractivity contribution in [2.75, 3.05) is 12.8 Å². The van der Waals surface area contributed by atoms with Crippen LogP contribution in [0.5, 0.6) is 5.75 Å². The second-order valence-corrected chi connectivity index (χ2v) is 5.44. The van der Waals surface area contributed by atoms with Crippen LogP contribution in [0.4, 0.5) is 5.13 Å². The van der Waals surface area contributed by atoms with Crippen molar-refractivity contribution in [1.82, 2.24) is 14.6 Å².